The third kappa shape index (κ3) is 6.09. The SMILES string of the molecule is COCCC1(C(=O)N2CCN(c3cc(C(F)(F)F)ccn3)CC2)CC[C@@H](N[C@@H]2CCOC[C@H]2C)C1. The number of hydrogen-bond donors (Lipinski definition) is 1. The molecule has 3 aliphatic rings. The normalized spacial score (nSPS) is 30.0. The number of nitrogens with zero attached hydrogens (tertiary/aromatic N) is 3. The lowest BCUT2D eigenvalue weighted by molar-refractivity contribution is -0.143. The number of nitrogens with one attached hydrogen (secondary N) is 1. The molecule has 1 N–H and O–H groups in total. The maximum absolute atomic E-state index is 13.8. The molecule has 4 atom stereocenters. The van der Waals surface area contributed by atoms with E-state index in [1.54, 1.807) is 7.11 Å². The molecule has 0 bridgehead atoms. The average Bonchev–Trinajstić information content (AvgIpc) is 3.27. The minimum absolute atomic E-state index is 0.149. The molecule has 0 radical (unpaired) electrons. The van der Waals surface area contributed by atoms with Gasteiger partial charge in [0.15, 0.2) is 0 Å². The van der Waals surface area contributed by atoms with E-state index in [2.05, 4.69) is 17.2 Å². The van der Waals surface area contributed by atoms with Crippen LogP contribution in [-0.4, -0.2) is 81.0 Å². The van der Waals surface area contributed by atoms with Gasteiger partial charge >= 0.3 is 6.18 Å². The van der Waals surface area contributed by atoms with E-state index < -0.39 is 17.2 Å². The number of aromatic nitrogens is 1. The largest absolute Gasteiger partial charge is 0.416 e. The average molecular weight is 499 g/mol. The van der Waals surface area contributed by atoms with Crippen LogP contribution in [0.2, 0.25) is 0 Å². The summed E-state index contributed by atoms with van der Waals surface area (Å²) in [5.74, 6) is 0.901. The minimum Gasteiger partial charge on any atom is -0.385 e. The van der Waals surface area contributed by atoms with Gasteiger partial charge in [0.1, 0.15) is 5.82 Å². The van der Waals surface area contributed by atoms with Crippen molar-refractivity contribution in [1.29, 1.82) is 0 Å². The summed E-state index contributed by atoms with van der Waals surface area (Å²) in [7, 11) is 1.66. The fraction of sp³-hybridized carbons (Fsp3) is 0.760. The van der Waals surface area contributed by atoms with Crippen LogP contribution in [0.5, 0.6) is 0 Å². The van der Waals surface area contributed by atoms with E-state index in [1.165, 1.54) is 6.20 Å². The van der Waals surface area contributed by atoms with E-state index in [9.17, 15) is 18.0 Å². The van der Waals surface area contributed by atoms with E-state index in [4.69, 9.17) is 9.47 Å². The van der Waals surface area contributed by atoms with Gasteiger partial charge < -0.3 is 24.6 Å². The highest BCUT2D eigenvalue weighted by Crippen LogP contribution is 2.44. The van der Waals surface area contributed by atoms with E-state index in [0.717, 1.165) is 51.0 Å². The molecule has 0 spiro atoms. The first kappa shape index (κ1) is 26.2. The summed E-state index contributed by atoms with van der Waals surface area (Å²) in [5.41, 5.74) is -1.17. The first-order chi connectivity index (χ1) is 16.7. The lowest BCUT2D eigenvalue weighted by Crippen LogP contribution is -2.53. The van der Waals surface area contributed by atoms with Gasteiger partial charge in [-0.2, -0.15) is 13.2 Å². The molecule has 3 heterocycles. The Kier molecular flexibility index (Phi) is 8.23. The Bertz CT molecular complexity index is 863. The van der Waals surface area contributed by atoms with Crippen molar-refractivity contribution in [1.82, 2.24) is 15.2 Å². The minimum atomic E-state index is -4.40. The zero-order valence-corrected chi connectivity index (χ0v) is 20.6. The fourth-order valence-corrected chi connectivity index (χ4v) is 5.77. The van der Waals surface area contributed by atoms with Crippen molar-refractivity contribution in [2.24, 2.45) is 11.3 Å². The van der Waals surface area contributed by atoms with Gasteiger partial charge in [-0.25, -0.2) is 4.98 Å². The Hall–Kier alpha value is -1.91. The van der Waals surface area contributed by atoms with Gasteiger partial charge in [-0.05, 0) is 50.2 Å². The monoisotopic (exact) mass is 498 g/mol. The van der Waals surface area contributed by atoms with Gasteiger partial charge in [-0.15, -0.1) is 0 Å². The van der Waals surface area contributed by atoms with Gasteiger partial charge in [0, 0.05) is 64.8 Å². The van der Waals surface area contributed by atoms with Crippen molar-refractivity contribution in [3.8, 4) is 0 Å². The number of methoxy groups -OCH3 is 1. The van der Waals surface area contributed by atoms with Gasteiger partial charge in [-0.1, -0.05) is 6.92 Å². The van der Waals surface area contributed by atoms with Crippen LogP contribution in [0.3, 0.4) is 0 Å². The second-order valence-corrected chi connectivity index (χ2v) is 10.3. The van der Waals surface area contributed by atoms with Crippen LogP contribution in [0.25, 0.3) is 0 Å². The summed E-state index contributed by atoms with van der Waals surface area (Å²) in [4.78, 5) is 21.7. The third-order valence-electron chi connectivity index (χ3n) is 7.90. The molecule has 7 nitrogen and oxygen atoms in total. The second-order valence-electron chi connectivity index (χ2n) is 10.3. The van der Waals surface area contributed by atoms with Crippen LogP contribution in [0, 0.1) is 11.3 Å². The van der Waals surface area contributed by atoms with Gasteiger partial charge in [0.2, 0.25) is 5.91 Å². The van der Waals surface area contributed by atoms with Gasteiger partial charge in [0.05, 0.1) is 17.6 Å². The summed E-state index contributed by atoms with van der Waals surface area (Å²) in [6.45, 7) is 6.13. The van der Waals surface area contributed by atoms with Crippen molar-refractivity contribution < 1.29 is 27.4 Å². The Balaban J connectivity index is 1.38. The molecule has 1 aliphatic carbocycles. The number of halogens is 3. The maximum Gasteiger partial charge on any atom is 0.416 e. The molecule has 3 fully saturated rings. The molecular weight excluding hydrogens is 461 g/mol. The van der Waals surface area contributed by atoms with E-state index in [1.807, 2.05) is 9.80 Å². The Morgan fingerprint density at radius 2 is 2.06 bits per heavy atom. The second kappa shape index (κ2) is 11.0. The number of anilines is 1. The number of ether oxygens (including phenoxy) is 2. The van der Waals surface area contributed by atoms with Gasteiger partial charge in [0.25, 0.3) is 0 Å². The molecule has 1 amide bonds. The highest BCUT2D eigenvalue weighted by Gasteiger charge is 2.47. The van der Waals surface area contributed by atoms with Crippen LogP contribution < -0.4 is 10.2 Å². The predicted octanol–water partition coefficient (Wildman–Crippen LogP) is 3.34. The number of carbonyl (C=O) groups is 1. The topological polar surface area (TPSA) is 66.9 Å². The molecular formula is C25H37F3N4O3. The zero-order chi connectivity index (χ0) is 25.1. The number of carbonyl (C=O) groups excluding carboxylic acids is 1. The number of pyridine rings is 1. The predicted molar refractivity (Wildman–Crippen MR) is 126 cm³/mol. The van der Waals surface area contributed by atoms with E-state index >= 15 is 0 Å². The number of amides is 1. The molecule has 0 aromatic carbocycles. The number of hydrogen-bond acceptors (Lipinski definition) is 6. The summed E-state index contributed by atoms with van der Waals surface area (Å²) in [5, 5.41) is 3.80. The Labute approximate surface area is 205 Å². The smallest absolute Gasteiger partial charge is 0.385 e. The highest BCUT2D eigenvalue weighted by molar-refractivity contribution is 5.83. The van der Waals surface area contributed by atoms with Crippen LogP contribution >= 0.6 is 0 Å². The molecule has 2 saturated heterocycles. The van der Waals surface area contributed by atoms with Gasteiger partial charge in [-0.3, -0.25) is 4.79 Å². The number of piperazine rings is 1. The molecule has 196 valence electrons. The van der Waals surface area contributed by atoms with E-state index in [0.29, 0.717) is 57.0 Å². The van der Waals surface area contributed by atoms with Crippen molar-refractivity contribution in [2.45, 2.75) is 57.3 Å². The zero-order valence-electron chi connectivity index (χ0n) is 20.6. The lowest BCUT2D eigenvalue weighted by atomic mass is 9.80. The summed E-state index contributed by atoms with van der Waals surface area (Å²) in [6, 6.07) is 2.76. The van der Waals surface area contributed by atoms with Crippen molar-refractivity contribution in [2.75, 3.05) is 58.0 Å². The summed E-state index contributed by atoms with van der Waals surface area (Å²) in [6.07, 6.45) is 1.02. The van der Waals surface area contributed by atoms with Crippen molar-refractivity contribution >= 4 is 11.7 Å². The molecule has 1 aromatic rings. The third-order valence-corrected chi connectivity index (χ3v) is 7.90. The Morgan fingerprint density at radius 3 is 2.74 bits per heavy atom. The standard InChI is InChI=1S/C25H37F3N4O3/c1-18-17-35-13-5-21(18)30-20-3-6-24(16-20,7-14-34-2)23(33)32-11-9-31(10-12-32)22-15-19(4-8-29-22)25(26,27)28/h4,8,15,18,20-21,30H,3,5-7,9-14,16-17H2,1-2H3/t18-,20-,21-,24?/m1/s1. The van der Waals surface area contributed by atoms with Crippen LogP contribution in [0.1, 0.15) is 44.6 Å². The van der Waals surface area contributed by atoms with Crippen molar-refractivity contribution in [3.05, 3.63) is 23.9 Å². The van der Waals surface area contributed by atoms with E-state index in [-0.39, 0.29) is 11.9 Å². The molecule has 10 heteroatoms. The quantitative estimate of drug-likeness (QED) is 0.622. The molecule has 1 aromatic heterocycles. The molecule has 2 aliphatic heterocycles. The molecule has 1 unspecified atom stereocenters. The number of alkyl halides is 3. The Morgan fingerprint density at radius 1 is 1.29 bits per heavy atom. The van der Waals surface area contributed by atoms with Crippen LogP contribution in [0.4, 0.5) is 19.0 Å². The highest BCUT2D eigenvalue weighted by atomic mass is 19.4. The molecule has 1 saturated carbocycles. The fourth-order valence-electron chi connectivity index (χ4n) is 5.77. The van der Waals surface area contributed by atoms with Crippen LogP contribution in [-0.2, 0) is 20.4 Å². The first-order valence-electron chi connectivity index (χ1n) is 12.6. The summed E-state index contributed by atoms with van der Waals surface area (Å²) < 4.78 is 50.2. The maximum atomic E-state index is 13.8. The van der Waals surface area contributed by atoms with Crippen molar-refractivity contribution in [3.63, 3.8) is 0 Å². The molecule has 35 heavy (non-hydrogen) atoms. The molecule has 4 rings (SSSR count). The number of rotatable bonds is 7. The first-order valence-corrected chi connectivity index (χ1v) is 12.6. The summed E-state index contributed by atoms with van der Waals surface area (Å²) >= 11 is 0. The lowest BCUT2D eigenvalue weighted by Gasteiger charge is -2.40. The van der Waals surface area contributed by atoms with Crippen LogP contribution in [0.15, 0.2) is 18.3 Å².